The third-order valence-electron chi connectivity index (χ3n) is 7.87. The smallest absolute Gasteiger partial charge is 0.143 e. The molecule has 1 saturated heterocycles. The first kappa shape index (κ1) is 24.7. The highest BCUT2D eigenvalue weighted by Gasteiger charge is 2.33. The lowest BCUT2D eigenvalue weighted by Crippen LogP contribution is -2.40. The summed E-state index contributed by atoms with van der Waals surface area (Å²) in [6.07, 6.45) is 4.81. The van der Waals surface area contributed by atoms with E-state index < -0.39 is 5.41 Å². The molecular formula is C30H41N3O. The number of likely N-dealkylation sites (tertiary alicyclic amines) is 1. The second-order valence-electron chi connectivity index (χ2n) is 11.3. The molecular weight excluding hydrogens is 418 g/mol. The van der Waals surface area contributed by atoms with Crippen LogP contribution in [0.25, 0.3) is 22.2 Å². The van der Waals surface area contributed by atoms with Crippen molar-refractivity contribution in [3.05, 3.63) is 53.3 Å². The number of pyridine rings is 1. The molecule has 4 heteroatoms. The van der Waals surface area contributed by atoms with Gasteiger partial charge in [0, 0.05) is 46.2 Å². The van der Waals surface area contributed by atoms with Gasteiger partial charge < -0.3 is 9.88 Å². The number of rotatable bonds is 7. The summed E-state index contributed by atoms with van der Waals surface area (Å²) in [5.74, 6) is 1.23. The molecule has 182 valence electrons. The molecule has 4 rings (SSSR count). The average Bonchev–Trinajstić information content (AvgIpc) is 3.18. The molecule has 0 atom stereocenters. The van der Waals surface area contributed by atoms with Crippen LogP contribution in [-0.2, 0) is 10.2 Å². The Bertz CT molecular complexity index is 1160. The maximum Gasteiger partial charge on any atom is 0.143 e. The van der Waals surface area contributed by atoms with Crippen molar-refractivity contribution in [1.82, 2.24) is 14.9 Å². The second-order valence-corrected chi connectivity index (χ2v) is 11.3. The van der Waals surface area contributed by atoms with Crippen LogP contribution in [0.5, 0.6) is 0 Å². The molecule has 3 heterocycles. The summed E-state index contributed by atoms with van der Waals surface area (Å²) in [6.45, 7) is 17.5. The van der Waals surface area contributed by atoms with Gasteiger partial charge in [-0.1, -0.05) is 19.9 Å². The average molecular weight is 460 g/mol. The van der Waals surface area contributed by atoms with E-state index >= 15 is 0 Å². The zero-order valence-corrected chi connectivity index (χ0v) is 22.0. The van der Waals surface area contributed by atoms with Crippen molar-refractivity contribution in [2.45, 2.75) is 85.1 Å². The number of piperidine rings is 1. The number of H-pyrrole nitrogens is 1. The molecule has 4 nitrogen and oxygen atoms in total. The lowest BCUT2D eigenvalue weighted by molar-refractivity contribution is -0.124. The molecule has 0 unspecified atom stereocenters. The summed E-state index contributed by atoms with van der Waals surface area (Å²) >= 11 is 0. The van der Waals surface area contributed by atoms with Crippen molar-refractivity contribution in [2.24, 2.45) is 5.92 Å². The first-order chi connectivity index (χ1) is 16.1. The number of carbonyl (C=O) groups is 1. The molecule has 1 fully saturated rings. The van der Waals surface area contributed by atoms with E-state index in [1.165, 1.54) is 10.9 Å². The van der Waals surface area contributed by atoms with Crippen molar-refractivity contribution in [3.8, 4) is 11.3 Å². The number of fused-ring (bicyclic) bond motifs is 1. The van der Waals surface area contributed by atoms with E-state index in [0.717, 1.165) is 54.0 Å². The maximum atomic E-state index is 13.5. The minimum atomic E-state index is -0.498. The third kappa shape index (κ3) is 4.84. The van der Waals surface area contributed by atoms with Crippen molar-refractivity contribution in [1.29, 1.82) is 0 Å². The molecule has 34 heavy (non-hydrogen) atoms. The lowest BCUT2D eigenvalue weighted by Gasteiger charge is -2.35. The molecule has 0 spiro atoms. The van der Waals surface area contributed by atoms with Gasteiger partial charge in [0.2, 0.25) is 0 Å². The van der Waals surface area contributed by atoms with E-state index in [1.807, 2.05) is 13.1 Å². The first-order valence-electron chi connectivity index (χ1n) is 12.9. The fraction of sp³-hybridized carbons (Fsp3) is 0.533. The van der Waals surface area contributed by atoms with Gasteiger partial charge in [-0.2, -0.15) is 0 Å². The van der Waals surface area contributed by atoms with Crippen LogP contribution in [0, 0.1) is 12.8 Å². The SMILES string of the molecule is Cc1cc(-c2[nH]c3ccc(C(C)(C)C(=O)CC4CCN(C(C)C)CC4)cc3c2C(C)C)ccn1. The van der Waals surface area contributed by atoms with Crippen LogP contribution in [0.3, 0.4) is 0 Å². The van der Waals surface area contributed by atoms with Gasteiger partial charge in [-0.3, -0.25) is 9.78 Å². The molecule has 1 aliphatic heterocycles. The Kier molecular flexibility index (Phi) is 7.00. The minimum Gasteiger partial charge on any atom is -0.354 e. The van der Waals surface area contributed by atoms with Gasteiger partial charge in [-0.15, -0.1) is 0 Å². The molecule has 0 bridgehead atoms. The van der Waals surface area contributed by atoms with Crippen LogP contribution >= 0.6 is 0 Å². The number of benzene rings is 1. The Labute approximate surface area is 205 Å². The minimum absolute atomic E-state index is 0.359. The molecule has 1 N–H and O–H groups in total. The van der Waals surface area contributed by atoms with Crippen LogP contribution in [-0.4, -0.2) is 39.8 Å². The highest BCUT2D eigenvalue weighted by Crippen LogP contribution is 2.38. The number of hydrogen-bond donors (Lipinski definition) is 1. The highest BCUT2D eigenvalue weighted by atomic mass is 16.1. The summed E-state index contributed by atoms with van der Waals surface area (Å²) < 4.78 is 0. The van der Waals surface area contributed by atoms with Crippen LogP contribution in [0.2, 0.25) is 0 Å². The number of aromatic nitrogens is 2. The van der Waals surface area contributed by atoms with Crippen LogP contribution in [0.15, 0.2) is 36.5 Å². The van der Waals surface area contributed by atoms with E-state index in [2.05, 4.69) is 86.7 Å². The van der Waals surface area contributed by atoms with Gasteiger partial charge in [0.25, 0.3) is 0 Å². The normalized spacial score (nSPS) is 16.1. The molecule has 1 aromatic carbocycles. The number of Topliss-reactive ketones (excluding diaryl/α,β-unsaturated/α-hetero) is 1. The Balaban J connectivity index is 1.62. The molecule has 0 saturated carbocycles. The van der Waals surface area contributed by atoms with Crippen molar-refractivity contribution >= 4 is 16.7 Å². The summed E-state index contributed by atoms with van der Waals surface area (Å²) in [5.41, 5.74) is 6.39. The molecule has 2 aromatic heterocycles. The van der Waals surface area contributed by atoms with Crippen molar-refractivity contribution < 1.29 is 4.79 Å². The predicted molar refractivity (Wildman–Crippen MR) is 142 cm³/mol. The lowest BCUT2D eigenvalue weighted by atomic mass is 9.75. The Morgan fingerprint density at radius 3 is 2.44 bits per heavy atom. The van der Waals surface area contributed by atoms with E-state index in [9.17, 15) is 4.79 Å². The van der Waals surface area contributed by atoms with E-state index in [-0.39, 0.29) is 0 Å². The van der Waals surface area contributed by atoms with Gasteiger partial charge in [-0.05, 0) is 108 Å². The monoisotopic (exact) mass is 459 g/mol. The van der Waals surface area contributed by atoms with E-state index in [1.54, 1.807) is 0 Å². The standard InChI is InChI=1S/C30H41N3O/c1-19(2)28-25-18-24(8-9-26(25)32-29(28)23-10-13-31-21(5)16-23)30(6,7)27(34)17-22-11-14-33(15-12-22)20(3)4/h8-10,13,16,18-20,22,32H,11-12,14-15,17H2,1-7H3. The molecule has 3 aromatic rings. The quantitative estimate of drug-likeness (QED) is 0.413. The molecule has 0 radical (unpaired) electrons. The van der Waals surface area contributed by atoms with E-state index in [0.29, 0.717) is 30.1 Å². The van der Waals surface area contributed by atoms with Crippen molar-refractivity contribution in [3.63, 3.8) is 0 Å². The fourth-order valence-electron chi connectivity index (χ4n) is 5.48. The number of hydrogen-bond acceptors (Lipinski definition) is 3. The van der Waals surface area contributed by atoms with Crippen LogP contribution < -0.4 is 0 Å². The van der Waals surface area contributed by atoms with Gasteiger partial charge in [0.1, 0.15) is 5.78 Å². The number of aryl methyl sites for hydroxylation is 1. The number of nitrogens with zero attached hydrogens (tertiary/aromatic N) is 2. The van der Waals surface area contributed by atoms with Gasteiger partial charge >= 0.3 is 0 Å². The van der Waals surface area contributed by atoms with Gasteiger partial charge in [-0.25, -0.2) is 0 Å². The van der Waals surface area contributed by atoms with Gasteiger partial charge in [0.15, 0.2) is 0 Å². The molecule has 0 aliphatic carbocycles. The Hall–Kier alpha value is -2.46. The topological polar surface area (TPSA) is 49.0 Å². The summed E-state index contributed by atoms with van der Waals surface area (Å²) in [4.78, 5) is 24.1. The summed E-state index contributed by atoms with van der Waals surface area (Å²) in [5, 5.41) is 1.23. The number of aromatic amines is 1. The third-order valence-corrected chi connectivity index (χ3v) is 7.87. The van der Waals surface area contributed by atoms with Crippen LogP contribution in [0.4, 0.5) is 0 Å². The number of nitrogens with one attached hydrogen (secondary N) is 1. The maximum absolute atomic E-state index is 13.5. The summed E-state index contributed by atoms with van der Waals surface area (Å²) in [6, 6.07) is 11.4. The first-order valence-corrected chi connectivity index (χ1v) is 12.9. The molecule has 1 aliphatic rings. The summed E-state index contributed by atoms with van der Waals surface area (Å²) in [7, 11) is 0. The zero-order valence-electron chi connectivity index (χ0n) is 22.0. The van der Waals surface area contributed by atoms with Crippen LogP contribution in [0.1, 0.15) is 83.5 Å². The van der Waals surface area contributed by atoms with Crippen molar-refractivity contribution in [2.75, 3.05) is 13.1 Å². The molecule has 0 amide bonds. The largest absolute Gasteiger partial charge is 0.354 e. The Morgan fingerprint density at radius 2 is 1.82 bits per heavy atom. The Morgan fingerprint density at radius 1 is 1.12 bits per heavy atom. The highest BCUT2D eigenvalue weighted by molar-refractivity contribution is 5.95. The second kappa shape index (κ2) is 9.65. The number of ketones is 1. The fourth-order valence-corrected chi connectivity index (χ4v) is 5.48. The zero-order chi connectivity index (χ0) is 24.6. The van der Waals surface area contributed by atoms with Gasteiger partial charge in [0.05, 0.1) is 5.69 Å². The number of carbonyl (C=O) groups excluding carboxylic acids is 1. The van der Waals surface area contributed by atoms with E-state index in [4.69, 9.17) is 0 Å². The predicted octanol–water partition coefficient (Wildman–Crippen LogP) is 7.02.